The van der Waals surface area contributed by atoms with Crippen LogP contribution in [0.5, 0.6) is 0 Å². The molecule has 0 aromatic carbocycles. The standard InChI is InChI=1S/C53H103NO3/c1-3-5-7-9-10-11-12-13-14-15-16-17-18-19-20-21-22-23-24-25-26-27-28-29-30-31-32-33-34-35-36-37-38-39-40-41-42-43-44-45-47-49-53(57)54-51(50-55)52(56)48-46-8-6-4-2/h12-13,15-16,51-52,55-56H,3-11,14,17-50H2,1-2H3,(H,54,57)/b13-12-,16-15-. The number of carbonyl (C=O) groups excluding carboxylic acids is 1. The molecule has 0 radical (unpaired) electrons. The SMILES string of the molecule is CCCCCCC/C=C\C/C=C\CCCCCCCCCCCCCCCCCCCCCCCCCCCCCCCC(=O)NC(CO)C(O)CCCCCC. The van der Waals surface area contributed by atoms with Gasteiger partial charge in [-0.05, 0) is 44.9 Å². The van der Waals surface area contributed by atoms with Crippen molar-refractivity contribution in [3.05, 3.63) is 24.3 Å². The fourth-order valence-corrected chi connectivity index (χ4v) is 8.22. The van der Waals surface area contributed by atoms with E-state index in [0.717, 1.165) is 38.5 Å². The topological polar surface area (TPSA) is 69.6 Å². The lowest BCUT2D eigenvalue weighted by Crippen LogP contribution is -2.45. The average Bonchev–Trinajstić information content (AvgIpc) is 3.22. The van der Waals surface area contributed by atoms with Crippen LogP contribution in [0.2, 0.25) is 0 Å². The van der Waals surface area contributed by atoms with Gasteiger partial charge in [0.2, 0.25) is 5.91 Å². The molecule has 0 rings (SSSR count). The molecular weight excluding hydrogens is 699 g/mol. The van der Waals surface area contributed by atoms with Gasteiger partial charge in [0.25, 0.3) is 0 Å². The fraction of sp³-hybridized carbons (Fsp3) is 0.906. The summed E-state index contributed by atoms with van der Waals surface area (Å²) in [5.41, 5.74) is 0. The van der Waals surface area contributed by atoms with Gasteiger partial charge in [-0.1, -0.05) is 263 Å². The summed E-state index contributed by atoms with van der Waals surface area (Å²) >= 11 is 0. The Hall–Kier alpha value is -1.13. The number of amides is 1. The zero-order valence-electron chi connectivity index (χ0n) is 38.9. The maximum atomic E-state index is 12.3. The van der Waals surface area contributed by atoms with Gasteiger partial charge >= 0.3 is 0 Å². The van der Waals surface area contributed by atoms with Crippen LogP contribution in [0.15, 0.2) is 24.3 Å². The molecule has 0 aliphatic heterocycles. The summed E-state index contributed by atoms with van der Waals surface area (Å²) in [4.78, 5) is 12.3. The van der Waals surface area contributed by atoms with E-state index in [-0.39, 0.29) is 12.5 Å². The molecule has 0 spiro atoms. The van der Waals surface area contributed by atoms with E-state index in [9.17, 15) is 15.0 Å². The van der Waals surface area contributed by atoms with E-state index < -0.39 is 12.1 Å². The number of aliphatic hydroxyl groups is 2. The number of allylic oxidation sites excluding steroid dienone is 4. The van der Waals surface area contributed by atoms with E-state index in [1.165, 1.54) is 225 Å². The van der Waals surface area contributed by atoms with Crippen molar-refractivity contribution in [3.63, 3.8) is 0 Å². The Morgan fingerprint density at radius 1 is 0.421 bits per heavy atom. The van der Waals surface area contributed by atoms with E-state index in [0.29, 0.717) is 12.8 Å². The first-order valence-electron chi connectivity index (χ1n) is 26.0. The van der Waals surface area contributed by atoms with Crippen molar-refractivity contribution in [3.8, 4) is 0 Å². The molecule has 4 heteroatoms. The monoisotopic (exact) mass is 802 g/mol. The van der Waals surface area contributed by atoms with Gasteiger partial charge in [-0.3, -0.25) is 4.79 Å². The van der Waals surface area contributed by atoms with Gasteiger partial charge in [0.05, 0.1) is 18.8 Å². The molecule has 1 amide bonds. The predicted molar refractivity (Wildman–Crippen MR) is 253 cm³/mol. The second-order valence-corrected chi connectivity index (χ2v) is 17.9. The number of aliphatic hydroxyl groups excluding tert-OH is 2. The third-order valence-corrected chi connectivity index (χ3v) is 12.2. The number of hydrogen-bond donors (Lipinski definition) is 3. The maximum Gasteiger partial charge on any atom is 0.220 e. The minimum Gasteiger partial charge on any atom is -0.394 e. The Labute approximate surface area is 358 Å². The third-order valence-electron chi connectivity index (χ3n) is 12.2. The Morgan fingerprint density at radius 3 is 1.05 bits per heavy atom. The predicted octanol–water partition coefficient (Wildman–Crippen LogP) is 16.8. The van der Waals surface area contributed by atoms with Crippen LogP contribution in [-0.2, 0) is 4.79 Å². The van der Waals surface area contributed by atoms with Crippen LogP contribution in [0.4, 0.5) is 0 Å². The van der Waals surface area contributed by atoms with Gasteiger partial charge in [0, 0.05) is 6.42 Å². The highest BCUT2D eigenvalue weighted by Gasteiger charge is 2.19. The zero-order chi connectivity index (χ0) is 41.4. The summed E-state index contributed by atoms with van der Waals surface area (Å²) in [5, 5.41) is 22.7. The number of carbonyl (C=O) groups is 1. The van der Waals surface area contributed by atoms with Crippen LogP contribution in [-0.4, -0.2) is 34.9 Å². The van der Waals surface area contributed by atoms with Crippen LogP contribution >= 0.6 is 0 Å². The Balaban J connectivity index is 3.25. The van der Waals surface area contributed by atoms with E-state index >= 15 is 0 Å². The first kappa shape index (κ1) is 55.9. The van der Waals surface area contributed by atoms with Crippen LogP contribution in [0, 0.1) is 0 Å². The molecule has 2 unspecified atom stereocenters. The highest BCUT2D eigenvalue weighted by atomic mass is 16.3. The van der Waals surface area contributed by atoms with Gasteiger partial charge in [-0.15, -0.1) is 0 Å². The van der Waals surface area contributed by atoms with Crippen molar-refractivity contribution < 1.29 is 15.0 Å². The lowest BCUT2D eigenvalue weighted by molar-refractivity contribution is -0.123. The van der Waals surface area contributed by atoms with Crippen molar-refractivity contribution in [2.24, 2.45) is 0 Å². The molecule has 0 fully saturated rings. The van der Waals surface area contributed by atoms with Crippen LogP contribution in [0.25, 0.3) is 0 Å². The van der Waals surface area contributed by atoms with Gasteiger partial charge in [0.1, 0.15) is 0 Å². The van der Waals surface area contributed by atoms with Gasteiger partial charge in [-0.2, -0.15) is 0 Å². The molecule has 3 N–H and O–H groups in total. The van der Waals surface area contributed by atoms with Gasteiger partial charge in [-0.25, -0.2) is 0 Å². The third kappa shape index (κ3) is 45.8. The summed E-state index contributed by atoms with van der Waals surface area (Å²) in [6.45, 7) is 4.26. The van der Waals surface area contributed by atoms with Gasteiger partial charge < -0.3 is 15.5 Å². The molecule has 0 bridgehead atoms. The van der Waals surface area contributed by atoms with Crippen molar-refractivity contribution >= 4 is 5.91 Å². The van der Waals surface area contributed by atoms with E-state index in [2.05, 4.69) is 43.5 Å². The van der Waals surface area contributed by atoms with E-state index in [1.807, 2.05) is 0 Å². The lowest BCUT2D eigenvalue weighted by atomic mass is 10.0. The number of rotatable bonds is 48. The lowest BCUT2D eigenvalue weighted by Gasteiger charge is -2.22. The Morgan fingerprint density at radius 2 is 0.719 bits per heavy atom. The molecule has 57 heavy (non-hydrogen) atoms. The summed E-state index contributed by atoms with van der Waals surface area (Å²) < 4.78 is 0. The molecular formula is C53H103NO3. The molecule has 0 saturated heterocycles. The fourth-order valence-electron chi connectivity index (χ4n) is 8.22. The molecule has 2 atom stereocenters. The molecule has 0 aliphatic carbocycles. The van der Waals surface area contributed by atoms with Crippen molar-refractivity contribution in [1.82, 2.24) is 5.32 Å². The smallest absolute Gasteiger partial charge is 0.220 e. The molecule has 4 nitrogen and oxygen atoms in total. The Bertz CT molecular complexity index is 825. The summed E-state index contributed by atoms with van der Waals surface area (Å²) in [7, 11) is 0. The molecule has 0 aliphatic rings. The maximum absolute atomic E-state index is 12.3. The van der Waals surface area contributed by atoms with Crippen molar-refractivity contribution in [1.29, 1.82) is 0 Å². The molecule has 0 aromatic rings. The van der Waals surface area contributed by atoms with E-state index in [1.54, 1.807) is 0 Å². The van der Waals surface area contributed by atoms with E-state index in [4.69, 9.17) is 0 Å². The van der Waals surface area contributed by atoms with Crippen LogP contribution in [0.3, 0.4) is 0 Å². The molecule has 338 valence electrons. The second-order valence-electron chi connectivity index (χ2n) is 17.9. The normalized spacial score (nSPS) is 13.0. The van der Waals surface area contributed by atoms with Gasteiger partial charge in [0.15, 0.2) is 0 Å². The van der Waals surface area contributed by atoms with Crippen LogP contribution in [0.1, 0.15) is 290 Å². The number of hydrogen-bond acceptors (Lipinski definition) is 3. The number of unbranched alkanes of at least 4 members (excludes halogenated alkanes) is 37. The second kappa shape index (κ2) is 49.2. The summed E-state index contributed by atoms with van der Waals surface area (Å²) in [6.07, 6.45) is 65.2. The largest absolute Gasteiger partial charge is 0.394 e. The van der Waals surface area contributed by atoms with Crippen LogP contribution < -0.4 is 5.32 Å². The molecule has 0 aromatic heterocycles. The first-order chi connectivity index (χ1) is 28.2. The highest BCUT2D eigenvalue weighted by molar-refractivity contribution is 5.76. The summed E-state index contributed by atoms with van der Waals surface area (Å²) in [6, 6.07) is -0.528. The Kier molecular flexibility index (Phi) is 48.3. The quantitative estimate of drug-likeness (QED) is 0.0424. The van der Waals surface area contributed by atoms with Crippen molar-refractivity contribution in [2.45, 2.75) is 302 Å². The summed E-state index contributed by atoms with van der Waals surface area (Å²) in [5.74, 6) is -0.0355. The number of nitrogens with one attached hydrogen (secondary N) is 1. The molecule has 0 heterocycles. The zero-order valence-corrected chi connectivity index (χ0v) is 38.9. The minimum atomic E-state index is -0.651. The minimum absolute atomic E-state index is 0.0355. The highest BCUT2D eigenvalue weighted by Crippen LogP contribution is 2.17. The molecule has 0 saturated carbocycles. The average molecular weight is 802 g/mol. The van der Waals surface area contributed by atoms with Crippen molar-refractivity contribution in [2.75, 3.05) is 6.61 Å². The first-order valence-corrected chi connectivity index (χ1v) is 26.0.